The Balaban J connectivity index is 1.93. The predicted octanol–water partition coefficient (Wildman–Crippen LogP) is 3.05. The maximum absolute atomic E-state index is 12.5. The Bertz CT molecular complexity index is 638. The van der Waals surface area contributed by atoms with E-state index in [-0.39, 0.29) is 12.2 Å². The van der Waals surface area contributed by atoms with E-state index in [4.69, 9.17) is 4.52 Å². The normalized spacial score (nSPS) is 11.2. The molecule has 2 rings (SSSR count). The summed E-state index contributed by atoms with van der Waals surface area (Å²) in [5, 5.41) is 8.69. The summed E-state index contributed by atoms with van der Waals surface area (Å²) in [6, 6.07) is 6.02. The number of carbonyl (C=O) groups is 1. The summed E-state index contributed by atoms with van der Waals surface area (Å²) in [7, 11) is 0. The molecule has 0 saturated heterocycles. The van der Waals surface area contributed by atoms with E-state index in [9.17, 15) is 18.0 Å². The Kier molecular flexibility index (Phi) is 4.15. The van der Waals surface area contributed by atoms with Crippen molar-refractivity contribution < 1.29 is 22.5 Å². The number of carbonyl (C=O) groups excluding carboxylic acids is 1. The van der Waals surface area contributed by atoms with Gasteiger partial charge in [0.25, 0.3) is 0 Å². The topological polar surface area (TPSA) is 67.2 Å². The largest absolute Gasteiger partial charge is 0.416 e. The summed E-state index contributed by atoms with van der Waals surface area (Å²) < 4.78 is 42.4. The molecule has 0 bridgehead atoms. The van der Waals surface area contributed by atoms with Crippen LogP contribution in [0.15, 0.2) is 34.9 Å². The molecule has 1 heterocycles. The van der Waals surface area contributed by atoms with Crippen molar-refractivity contribution in [1.29, 1.82) is 0 Å². The highest BCUT2D eigenvalue weighted by Crippen LogP contribution is 2.30. The van der Waals surface area contributed by atoms with Gasteiger partial charge in [-0.3, -0.25) is 4.79 Å². The average Bonchev–Trinajstić information content (AvgIpc) is 2.82. The molecule has 1 aromatic carbocycles. The zero-order chi connectivity index (χ0) is 15.5. The molecule has 0 aliphatic rings. The molecular weight excluding hydrogens is 287 g/mol. The summed E-state index contributed by atoms with van der Waals surface area (Å²) in [5.74, 6) is 0.470. The van der Waals surface area contributed by atoms with Crippen LogP contribution in [-0.2, 0) is 11.0 Å². The van der Waals surface area contributed by atoms with Gasteiger partial charge in [-0.25, -0.2) is 0 Å². The van der Waals surface area contributed by atoms with E-state index < -0.39 is 17.6 Å². The average molecular weight is 299 g/mol. The number of hydrogen-bond donors (Lipinski definition) is 2. The number of halogens is 3. The Hall–Kier alpha value is -2.51. The zero-order valence-corrected chi connectivity index (χ0v) is 11.0. The zero-order valence-electron chi connectivity index (χ0n) is 11.0. The van der Waals surface area contributed by atoms with Crippen LogP contribution in [0.2, 0.25) is 0 Å². The van der Waals surface area contributed by atoms with Crippen LogP contribution >= 0.6 is 0 Å². The first kappa shape index (κ1) is 14.9. The lowest BCUT2D eigenvalue weighted by molar-refractivity contribution is -0.137. The van der Waals surface area contributed by atoms with Gasteiger partial charge in [0.05, 0.1) is 12.1 Å². The molecule has 0 saturated carbocycles. The standard InChI is InChI=1S/C13H12F3N3O2/c1-8-5-11(19-21-8)17-7-12(20)18-10-4-2-3-9(6-10)13(14,15)16/h2-6H,7H2,1H3,(H,17,19)(H,18,20). The van der Waals surface area contributed by atoms with Crippen LogP contribution in [-0.4, -0.2) is 17.6 Å². The Morgan fingerprint density at radius 1 is 1.33 bits per heavy atom. The maximum atomic E-state index is 12.5. The first-order valence-corrected chi connectivity index (χ1v) is 5.99. The van der Waals surface area contributed by atoms with Gasteiger partial charge in [0.1, 0.15) is 5.76 Å². The first-order valence-electron chi connectivity index (χ1n) is 5.99. The van der Waals surface area contributed by atoms with Gasteiger partial charge in [0.15, 0.2) is 5.82 Å². The first-order chi connectivity index (χ1) is 9.84. The number of nitrogens with zero attached hydrogens (tertiary/aromatic N) is 1. The Labute approximate surface area is 118 Å². The highest BCUT2D eigenvalue weighted by molar-refractivity contribution is 5.93. The molecule has 0 aliphatic heterocycles. The molecule has 0 spiro atoms. The fourth-order valence-corrected chi connectivity index (χ4v) is 1.60. The van der Waals surface area contributed by atoms with Gasteiger partial charge >= 0.3 is 6.18 Å². The lowest BCUT2D eigenvalue weighted by Crippen LogP contribution is -2.22. The Morgan fingerprint density at radius 3 is 2.71 bits per heavy atom. The predicted molar refractivity (Wildman–Crippen MR) is 69.8 cm³/mol. The second kappa shape index (κ2) is 5.86. The van der Waals surface area contributed by atoms with Gasteiger partial charge in [-0.15, -0.1) is 0 Å². The second-order valence-corrected chi connectivity index (χ2v) is 4.30. The van der Waals surface area contributed by atoms with Crippen molar-refractivity contribution in [2.45, 2.75) is 13.1 Å². The number of aryl methyl sites for hydroxylation is 1. The quantitative estimate of drug-likeness (QED) is 0.910. The molecular formula is C13H12F3N3O2. The van der Waals surface area contributed by atoms with Gasteiger partial charge < -0.3 is 15.2 Å². The summed E-state index contributed by atoms with van der Waals surface area (Å²) >= 11 is 0. The van der Waals surface area contributed by atoms with Crippen molar-refractivity contribution in [2.24, 2.45) is 0 Å². The van der Waals surface area contributed by atoms with Gasteiger partial charge in [0.2, 0.25) is 5.91 Å². The molecule has 112 valence electrons. The summed E-state index contributed by atoms with van der Waals surface area (Å²) in [5.41, 5.74) is -0.742. The fraction of sp³-hybridized carbons (Fsp3) is 0.231. The molecule has 2 aromatic rings. The Morgan fingerprint density at radius 2 is 2.10 bits per heavy atom. The monoisotopic (exact) mass is 299 g/mol. The van der Waals surface area contributed by atoms with Crippen LogP contribution in [0.1, 0.15) is 11.3 Å². The summed E-state index contributed by atoms with van der Waals surface area (Å²) in [6.07, 6.45) is -4.45. The van der Waals surface area contributed by atoms with Gasteiger partial charge in [-0.05, 0) is 25.1 Å². The molecule has 8 heteroatoms. The molecule has 2 N–H and O–H groups in total. The van der Waals surface area contributed by atoms with Crippen LogP contribution in [0.4, 0.5) is 24.7 Å². The van der Waals surface area contributed by atoms with E-state index in [1.54, 1.807) is 13.0 Å². The highest BCUT2D eigenvalue weighted by atomic mass is 19.4. The van der Waals surface area contributed by atoms with Gasteiger partial charge in [0, 0.05) is 11.8 Å². The molecule has 21 heavy (non-hydrogen) atoms. The van der Waals surface area contributed by atoms with Crippen LogP contribution in [0.3, 0.4) is 0 Å². The fourth-order valence-electron chi connectivity index (χ4n) is 1.60. The third-order valence-corrected chi connectivity index (χ3v) is 2.53. The number of amides is 1. The molecule has 0 atom stereocenters. The molecule has 1 aromatic heterocycles. The number of nitrogens with one attached hydrogen (secondary N) is 2. The molecule has 5 nitrogen and oxygen atoms in total. The van der Waals surface area contributed by atoms with Gasteiger partial charge in [-0.1, -0.05) is 11.2 Å². The van der Waals surface area contributed by atoms with E-state index in [1.165, 1.54) is 12.1 Å². The van der Waals surface area contributed by atoms with E-state index in [2.05, 4.69) is 15.8 Å². The van der Waals surface area contributed by atoms with E-state index >= 15 is 0 Å². The van der Waals surface area contributed by atoms with Crippen molar-refractivity contribution in [1.82, 2.24) is 5.16 Å². The number of hydrogen-bond acceptors (Lipinski definition) is 4. The molecule has 1 amide bonds. The lowest BCUT2D eigenvalue weighted by Gasteiger charge is -2.10. The number of alkyl halides is 3. The number of rotatable bonds is 4. The lowest BCUT2D eigenvalue weighted by atomic mass is 10.2. The highest BCUT2D eigenvalue weighted by Gasteiger charge is 2.30. The molecule has 0 fully saturated rings. The van der Waals surface area contributed by atoms with Crippen molar-refractivity contribution in [3.8, 4) is 0 Å². The summed E-state index contributed by atoms with van der Waals surface area (Å²) in [4.78, 5) is 11.6. The van der Waals surface area contributed by atoms with Crippen LogP contribution in [0, 0.1) is 6.92 Å². The third kappa shape index (κ3) is 4.23. The molecule has 0 aliphatic carbocycles. The minimum atomic E-state index is -4.45. The smallest absolute Gasteiger partial charge is 0.360 e. The van der Waals surface area contributed by atoms with Gasteiger partial charge in [-0.2, -0.15) is 13.2 Å². The van der Waals surface area contributed by atoms with Crippen LogP contribution < -0.4 is 10.6 Å². The van der Waals surface area contributed by atoms with Crippen molar-refractivity contribution in [2.75, 3.05) is 17.2 Å². The SMILES string of the molecule is Cc1cc(NCC(=O)Nc2cccc(C(F)(F)F)c2)no1. The van der Waals surface area contributed by atoms with E-state index in [0.717, 1.165) is 12.1 Å². The number of anilines is 2. The van der Waals surface area contributed by atoms with Crippen molar-refractivity contribution >= 4 is 17.4 Å². The van der Waals surface area contributed by atoms with Crippen LogP contribution in [0.25, 0.3) is 0 Å². The maximum Gasteiger partial charge on any atom is 0.416 e. The van der Waals surface area contributed by atoms with Crippen molar-refractivity contribution in [3.63, 3.8) is 0 Å². The van der Waals surface area contributed by atoms with Crippen molar-refractivity contribution in [3.05, 3.63) is 41.7 Å². The summed E-state index contributed by atoms with van der Waals surface area (Å²) in [6.45, 7) is 1.56. The van der Waals surface area contributed by atoms with Crippen LogP contribution in [0.5, 0.6) is 0 Å². The molecule has 0 unspecified atom stereocenters. The minimum absolute atomic E-state index is 0.0768. The second-order valence-electron chi connectivity index (χ2n) is 4.30. The minimum Gasteiger partial charge on any atom is -0.360 e. The van der Waals surface area contributed by atoms with E-state index in [0.29, 0.717) is 11.6 Å². The third-order valence-electron chi connectivity index (χ3n) is 2.53. The molecule has 0 radical (unpaired) electrons. The number of benzene rings is 1. The number of aromatic nitrogens is 1. The van der Waals surface area contributed by atoms with E-state index in [1.807, 2.05) is 0 Å².